The van der Waals surface area contributed by atoms with Crippen LogP contribution >= 0.6 is 22.6 Å². The Kier molecular flexibility index (Phi) is 6.69. The van der Waals surface area contributed by atoms with E-state index in [0.717, 1.165) is 0 Å². The molecular formula is C16H17FIN3O5. The maximum atomic E-state index is 14.1. The standard InChI is InChI=1S/C16H17FIN3O5/c1-8-14(19-12-4-3-9(18)5-11(12)17)10(6-21(2)16(8)25)15(24)20-26-7-13(22)23/h3-6,13,19,22-23H,7H2,1-2H3,(H,20,24). The minimum absolute atomic E-state index is 0.0231. The number of nitrogens with one attached hydrogen (secondary N) is 2. The second-order valence-electron chi connectivity index (χ2n) is 5.43. The zero-order chi connectivity index (χ0) is 19.4. The molecule has 1 amide bonds. The average molecular weight is 477 g/mol. The molecule has 4 N–H and O–H groups in total. The van der Waals surface area contributed by atoms with E-state index < -0.39 is 24.6 Å². The highest BCUT2D eigenvalue weighted by Crippen LogP contribution is 2.26. The van der Waals surface area contributed by atoms with Gasteiger partial charge in [-0.25, -0.2) is 9.87 Å². The predicted octanol–water partition coefficient (Wildman–Crippen LogP) is 1.15. The topological polar surface area (TPSA) is 113 Å². The normalized spacial score (nSPS) is 10.9. The molecule has 1 aromatic carbocycles. The van der Waals surface area contributed by atoms with Crippen LogP contribution in [0.3, 0.4) is 0 Å². The van der Waals surface area contributed by atoms with Gasteiger partial charge < -0.3 is 20.1 Å². The minimum Gasteiger partial charge on any atom is -0.366 e. The summed E-state index contributed by atoms with van der Waals surface area (Å²) in [5.41, 5.74) is 2.14. The van der Waals surface area contributed by atoms with Gasteiger partial charge in [0.25, 0.3) is 11.5 Å². The molecule has 0 saturated heterocycles. The van der Waals surface area contributed by atoms with Crippen molar-refractivity contribution in [3.63, 3.8) is 0 Å². The minimum atomic E-state index is -1.75. The molecule has 0 spiro atoms. The van der Waals surface area contributed by atoms with Gasteiger partial charge in [0.2, 0.25) is 0 Å². The molecule has 0 bridgehead atoms. The van der Waals surface area contributed by atoms with Crippen LogP contribution in [0.5, 0.6) is 0 Å². The third-order valence-electron chi connectivity index (χ3n) is 3.44. The highest BCUT2D eigenvalue weighted by molar-refractivity contribution is 14.1. The first kappa shape index (κ1) is 20.3. The van der Waals surface area contributed by atoms with Crippen LogP contribution in [0.4, 0.5) is 15.8 Å². The number of aliphatic hydroxyl groups excluding tert-OH is 1. The summed E-state index contributed by atoms with van der Waals surface area (Å²) >= 11 is 1.96. The fourth-order valence-corrected chi connectivity index (χ4v) is 2.64. The van der Waals surface area contributed by atoms with Crippen molar-refractivity contribution in [2.75, 3.05) is 11.9 Å². The van der Waals surface area contributed by atoms with Crippen LogP contribution in [0.1, 0.15) is 15.9 Å². The summed E-state index contributed by atoms with van der Waals surface area (Å²) in [4.78, 5) is 29.2. The Morgan fingerprint density at radius 2 is 2.12 bits per heavy atom. The Morgan fingerprint density at radius 1 is 1.42 bits per heavy atom. The molecule has 0 aliphatic rings. The number of hydrogen-bond donors (Lipinski definition) is 4. The zero-order valence-electron chi connectivity index (χ0n) is 13.9. The third kappa shape index (κ3) is 4.78. The summed E-state index contributed by atoms with van der Waals surface area (Å²) in [5.74, 6) is -1.28. The fraction of sp³-hybridized carbons (Fsp3) is 0.250. The number of hydrogen-bond acceptors (Lipinski definition) is 6. The molecule has 0 radical (unpaired) electrons. The monoisotopic (exact) mass is 477 g/mol. The highest BCUT2D eigenvalue weighted by atomic mass is 127. The van der Waals surface area contributed by atoms with Gasteiger partial charge in [0.05, 0.1) is 16.9 Å². The number of aromatic nitrogens is 1. The van der Waals surface area contributed by atoms with Crippen LogP contribution in [-0.4, -0.2) is 33.6 Å². The summed E-state index contributed by atoms with van der Waals surface area (Å²) in [6, 6.07) is 4.48. The maximum absolute atomic E-state index is 14.1. The molecule has 10 heteroatoms. The Hall–Kier alpha value is -2.02. The van der Waals surface area contributed by atoms with Gasteiger partial charge in [0.1, 0.15) is 12.4 Å². The van der Waals surface area contributed by atoms with Gasteiger partial charge in [-0.05, 0) is 47.7 Å². The number of rotatable bonds is 6. The van der Waals surface area contributed by atoms with Crippen molar-refractivity contribution in [3.8, 4) is 0 Å². The van der Waals surface area contributed by atoms with Gasteiger partial charge in [-0.1, -0.05) is 0 Å². The lowest BCUT2D eigenvalue weighted by Crippen LogP contribution is -2.31. The second kappa shape index (κ2) is 8.58. The molecule has 0 atom stereocenters. The number of carbonyl (C=O) groups is 1. The first-order valence-electron chi connectivity index (χ1n) is 7.41. The first-order chi connectivity index (χ1) is 12.2. The van der Waals surface area contributed by atoms with E-state index in [-0.39, 0.29) is 28.1 Å². The molecule has 8 nitrogen and oxygen atoms in total. The third-order valence-corrected chi connectivity index (χ3v) is 4.11. The maximum Gasteiger partial charge on any atom is 0.278 e. The van der Waals surface area contributed by atoms with E-state index in [4.69, 9.17) is 10.2 Å². The number of anilines is 2. The lowest BCUT2D eigenvalue weighted by molar-refractivity contribution is -0.111. The van der Waals surface area contributed by atoms with Crippen LogP contribution in [0.2, 0.25) is 0 Å². The number of halogens is 2. The molecule has 0 aliphatic heterocycles. The van der Waals surface area contributed by atoms with Crippen molar-refractivity contribution in [1.82, 2.24) is 10.0 Å². The molecule has 2 rings (SSSR count). The van der Waals surface area contributed by atoms with Crippen molar-refractivity contribution >= 4 is 39.9 Å². The molecule has 0 aliphatic carbocycles. The van der Waals surface area contributed by atoms with E-state index in [1.54, 1.807) is 6.07 Å². The van der Waals surface area contributed by atoms with E-state index in [1.165, 1.54) is 36.9 Å². The Labute approximate surface area is 161 Å². The summed E-state index contributed by atoms with van der Waals surface area (Å²) in [6.07, 6.45) is -0.480. The number of pyridine rings is 1. The smallest absolute Gasteiger partial charge is 0.278 e. The lowest BCUT2D eigenvalue weighted by Gasteiger charge is -2.16. The number of aryl methyl sites for hydroxylation is 1. The molecule has 1 aromatic heterocycles. The molecule has 1 heterocycles. The van der Waals surface area contributed by atoms with E-state index in [1.807, 2.05) is 28.1 Å². The van der Waals surface area contributed by atoms with E-state index in [9.17, 15) is 14.0 Å². The summed E-state index contributed by atoms with van der Waals surface area (Å²) in [7, 11) is 1.47. The van der Waals surface area contributed by atoms with Crippen LogP contribution in [0, 0.1) is 16.3 Å². The van der Waals surface area contributed by atoms with Crippen LogP contribution in [0.15, 0.2) is 29.2 Å². The molecule has 0 fully saturated rings. The number of nitrogens with zero attached hydrogens (tertiary/aromatic N) is 1. The van der Waals surface area contributed by atoms with Gasteiger partial charge in [0, 0.05) is 22.4 Å². The lowest BCUT2D eigenvalue weighted by atomic mass is 10.1. The fourth-order valence-electron chi connectivity index (χ4n) is 2.19. The Morgan fingerprint density at radius 3 is 2.73 bits per heavy atom. The van der Waals surface area contributed by atoms with E-state index >= 15 is 0 Å². The van der Waals surface area contributed by atoms with E-state index in [2.05, 4.69) is 10.2 Å². The molecule has 0 unspecified atom stereocenters. The van der Waals surface area contributed by atoms with Gasteiger partial charge in [-0.15, -0.1) is 0 Å². The van der Waals surface area contributed by atoms with Crippen molar-refractivity contribution in [1.29, 1.82) is 0 Å². The van der Waals surface area contributed by atoms with Crippen LogP contribution in [-0.2, 0) is 11.9 Å². The number of amides is 1. The van der Waals surface area contributed by atoms with Crippen molar-refractivity contribution in [3.05, 3.63) is 55.3 Å². The van der Waals surface area contributed by atoms with Gasteiger partial charge in [0.15, 0.2) is 6.29 Å². The predicted molar refractivity (Wildman–Crippen MR) is 100 cm³/mol. The van der Waals surface area contributed by atoms with E-state index in [0.29, 0.717) is 3.57 Å². The zero-order valence-corrected chi connectivity index (χ0v) is 16.1. The largest absolute Gasteiger partial charge is 0.366 e. The number of carbonyl (C=O) groups excluding carboxylic acids is 1. The highest BCUT2D eigenvalue weighted by Gasteiger charge is 2.19. The summed E-state index contributed by atoms with van der Waals surface area (Å²) in [5, 5.41) is 20.3. The quantitative estimate of drug-likeness (QED) is 0.282. The molecular weight excluding hydrogens is 460 g/mol. The molecule has 2 aromatic rings. The SMILES string of the molecule is Cc1c(Nc2ccc(I)cc2F)c(C(=O)NOCC(O)O)cn(C)c1=O. The van der Waals surface area contributed by atoms with Crippen molar-refractivity contribution in [2.24, 2.45) is 7.05 Å². The summed E-state index contributed by atoms with van der Waals surface area (Å²) in [6.45, 7) is 0.968. The number of aliphatic hydroxyl groups is 2. The Balaban J connectivity index is 2.41. The number of hydroxylamine groups is 1. The van der Waals surface area contributed by atoms with Gasteiger partial charge >= 0.3 is 0 Å². The molecule has 140 valence electrons. The van der Waals surface area contributed by atoms with Crippen LogP contribution in [0.25, 0.3) is 0 Å². The first-order valence-corrected chi connectivity index (χ1v) is 8.49. The van der Waals surface area contributed by atoms with Gasteiger partial charge in [-0.3, -0.25) is 14.4 Å². The second-order valence-corrected chi connectivity index (χ2v) is 6.68. The van der Waals surface area contributed by atoms with Crippen molar-refractivity contribution < 1.29 is 24.2 Å². The molecule has 26 heavy (non-hydrogen) atoms. The number of benzene rings is 1. The average Bonchev–Trinajstić information content (AvgIpc) is 2.56. The Bertz CT molecular complexity index is 885. The summed E-state index contributed by atoms with van der Waals surface area (Å²) < 4.78 is 16.0. The van der Waals surface area contributed by atoms with Crippen molar-refractivity contribution in [2.45, 2.75) is 13.2 Å². The van der Waals surface area contributed by atoms with Gasteiger partial charge in [-0.2, -0.15) is 0 Å². The van der Waals surface area contributed by atoms with Crippen LogP contribution < -0.4 is 16.4 Å². The molecule has 0 saturated carbocycles.